The Kier molecular flexibility index (Phi) is 20.0. The maximum absolute atomic E-state index is 4.43. The molecule has 0 spiro atoms. The van der Waals surface area contributed by atoms with E-state index in [-0.39, 0.29) is 28.5 Å². The van der Waals surface area contributed by atoms with Crippen LogP contribution in [0.5, 0.6) is 0 Å². The minimum Gasteiger partial charge on any atom is -0.678 e. The van der Waals surface area contributed by atoms with Gasteiger partial charge in [0, 0.05) is 16.8 Å². The smallest absolute Gasteiger partial charge is 0 e. The van der Waals surface area contributed by atoms with Gasteiger partial charge >= 0.3 is 0 Å². The molecule has 0 heterocycles. The van der Waals surface area contributed by atoms with Crippen molar-refractivity contribution in [3.8, 4) is 0 Å². The predicted molar refractivity (Wildman–Crippen MR) is 97.8 cm³/mol. The van der Waals surface area contributed by atoms with Gasteiger partial charge in [0.15, 0.2) is 0 Å². The molecule has 3 atom stereocenters. The summed E-state index contributed by atoms with van der Waals surface area (Å²) < 4.78 is 0. The molecule has 0 amide bonds. The summed E-state index contributed by atoms with van der Waals surface area (Å²) in [6.07, 6.45) is 1.26. The molecule has 0 saturated carbocycles. The van der Waals surface area contributed by atoms with Crippen LogP contribution in [0.4, 0.5) is 0 Å². The first-order chi connectivity index (χ1) is 9.66. The minimum absolute atomic E-state index is 0. The fraction of sp³-hybridized carbons (Fsp3) is 1.00. The van der Waals surface area contributed by atoms with Crippen LogP contribution >= 0.6 is 0 Å². The van der Waals surface area contributed by atoms with Crippen LogP contribution in [-0.4, -0.2) is 43.4 Å². The van der Waals surface area contributed by atoms with E-state index in [0.717, 1.165) is 26.1 Å². The Bertz CT molecular complexity index is 209. The van der Waals surface area contributed by atoms with Crippen molar-refractivity contribution < 1.29 is 16.8 Å². The average molecular weight is 357 g/mol. The van der Waals surface area contributed by atoms with Crippen molar-refractivity contribution in [3.63, 3.8) is 0 Å². The quantitative estimate of drug-likeness (QED) is 0.498. The second-order valence-corrected chi connectivity index (χ2v) is 6.36. The van der Waals surface area contributed by atoms with Crippen molar-refractivity contribution in [2.24, 2.45) is 0 Å². The third-order valence-corrected chi connectivity index (χ3v) is 2.69. The molecule has 3 unspecified atom stereocenters. The van der Waals surface area contributed by atoms with E-state index in [1.165, 1.54) is 0 Å². The predicted octanol–water partition coefficient (Wildman–Crippen LogP) is 5.84. The third kappa shape index (κ3) is 22.6. The van der Waals surface area contributed by atoms with E-state index >= 15 is 0 Å². The van der Waals surface area contributed by atoms with Crippen molar-refractivity contribution >= 4 is 0 Å². The topological polar surface area (TPSA) is 56.4 Å². The summed E-state index contributed by atoms with van der Waals surface area (Å²) in [7, 11) is 0. The van der Waals surface area contributed by atoms with E-state index in [4.69, 9.17) is 0 Å². The van der Waals surface area contributed by atoms with E-state index in [1.54, 1.807) is 0 Å². The molecule has 0 aliphatic carbocycles. The molecule has 0 N–H and O–H groups in total. The van der Waals surface area contributed by atoms with Crippen LogP contribution in [0.1, 0.15) is 68.7 Å². The van der Waals surface area contributed by atoms with Crippen LogP contribution in [0, 0.1) is 0 Å². The van der Waals surface area contributed by atoms with Crippen LogP contribution in [0.2, 0.25) is 0 Å². The zero-order valence-electron chi connectivity index (χ0n) is 16.2. The molecular weight excluding hydrogens is 319 g/mol. The van der Waals surface area contributed by atoms with Crippen molar-refractivity contribution in [1.82, 2.24) is 0 Å². The Morgan fingerprint density at radius 1 is 0.727 bits per heavy atom. The first-order valence-corrected chi connectivity index (χ1v) is 8.37. The fourth-order valence-corrected chi connectivity index (χ4v) is 2.13. The van der Waals surface area contributed by atoms with Gasteiger partial charge in [0.25, 0.3) is 0 Å². The van der Waals surface area contributed by atoms with Crippen LogP contribution in [-0.2, 0) is 16.8 Å². The van der Waals surface area contributed by atoms with Gasteiger partial charge in [0.05, 0.1) is 0 Å². The molecule has 0 aromatic rings. The van der Waals surface area contributed by atoms with Gasteiger partial charge in [-0.05, 0) is 0 Å². The van der Waals surface area contributed by atoms with Crippen LogP contribution < -0.4 is 0 Å². The Morgan fingerprint density at radius 3 is 1.36 bits per heavy atom. The largest absolute Gasteiger partial charge is 0.678 e. The van der Waals surface area contributed by atoms with Gasteiger partial charge < -0.3 is 21.3 Å². The van der Waals surface area contributed by atoms with Gasteiger partial charge in [-0.25, -0.2) is 6.17 Å². The zero-order valence-corrected chi connectivity index (χ0v) is 17.2. The summed E-state index contributed by atoms with van der Waals surface area (Å²) in [5, 5.41) is 17.4. The SMILES string of the molecule is CC[N-]C(C)CC(C)[N-]CC.CC[N-]C(C)[N-]C(C)(C)C.[Co]. The Labute approximate surface area is 150 Å². The van der Waals surface area contributed by atoms with Crippen molar-refractivity contribution in [2.75, 3.05) is 19.6 Å². The number of rotatable bonds is 9. The molecule has 0 aliphatic heterocycles. The molecule has 0 aromatic heterocycles. The molecule has 1 radical (unpaired) electrons. The molecule has 4 nitrogen and oxygen atoms in total. The second-order valence-electron chi connectivity index (χ2n) is 6.36. The van der Waals surface area contributed by atoms with E-state index in [2.05, 4.69) is 69.7 Å². The molecule has 5 heteroatoms. The van der Waals surface area contributed by atoms with Gasteiger partial charge in [0.2, 0.25) is 0 Å². The zero-order chi connectivity index (χ0) is 16.9. The van der Waals surface area contributed by atoms with Crippen molar-refractivity contribution in [1.29, 1.82) is 0 Å². The van der Waals surface area contributed by atoms with Gasteiger partial charge in [-0.3, -0.25) is 0 Å². The average Bonchev–Trinajstić information content (AvgIpc) is 2.27. The summed E-state index contributed by atoms with van der Waals surface area (Å²) >= 11 is 0. The fourth-order valence-electron chi connectivity index (χ4n) is 2.13. The number of hydrogen-bond donors (Lipinski definition) is 0. The summed E-state index contributed by atoms with van der Waals surface area (Å²) in [5.41, 5.74) is 0.0537. The molecule has 0 rings (SSSR count). The Hall–Kier alpha value is 0.346. The van der Waals surface area contributed by atoms with Crippen LogP contribution in [0.25, 0.3) is 21.3 Å². The number of hydrogen-bond acceptors (Lipinski definition) is 0. The van der Waals surface area contributed by atoms with Crippen molar-refractivity contribution in [3.05, 3.63) is 21.3 Å². The monoisotopic (exact) mass is 357 g/mol. The van der Waals surface area contributed by atoms with Gasteiger partial charge in [0.1, 0.15) is 0 Å². The van der Waals surface area contributed by atoms with Crippen LogP contribution in [0.3, 0.4) is 0 Å². The standard InChI is InChI=1S/C9H20N2.C8H18N2.Co/c1-5-10-8(3)7-9(4)11-6-2;1-6-9-7(2)10-8(3,4)5;/h8-9H,5-7H2,1-4H3;7H,6H2,1-5H3;/q2*-2;. The van der Waals surface area contributed by atoms with Gasteiger partial charge in [-0.1, -0.05) is 61.8 Å². The van der Waals surface area contributed by atoms with Crippen LogP contribution in [0.15, 0.2) is 0 Å². The maximum Gasteiger partial charge on any atom is 0 e. The molecule has 0 saturated heterocycles. The summed E-state index contributed by atoms with van der Waals surface area (Å²) in [4.78, 5) is 0. The molecule has 22 heavy (non-hydrogen) atoms. The van der Waals surface area contributed by atoms with Gasteiger partial charge in [-0.15, -0.1) is 24.5 Å². The molecule has 0 fully saturated rings. The van der Waals surface area contributed by atoms with E-state index in [9.17, 15) is 0 Å². The molecular formula is C17H38CoN4-4. The Balaban J connectivity index is -0.000000315. The Morgan fingerprint density at radius 2 is 1.09 bits per heavy atom. The minimum atomic E-state index is 0. The summed E-state index contributed by atoms with van der Waals surface area (Å²) in [5.74, 6) is 0. The van der Waals surface area contributed by atoms with E-state index in [1.807, 2.05) is 13.8 Å². The van der Waals surface area contributed by atoms with Gasteiger partial charge in [-0.2, -0.15) is 19.6 Å². The molecule has 0 bridgehead atoms. The normalized spacial score (nSPS) is 15.1. The maximum atomic E-state index is 4.43. The third-order valence-electron chi connectivity index (χ3n) is 2.69. The summed E-state index contributed by atoms with van der Waals surface area (Å²) in [6.45, 7) is 21.5. The first-order valence-electron chi connectivity index (χ1n) is 8.37. The molecule has 139 valence electrons. The first kappa shape index (κ1) is 27.2. The van der Waals surface area contributed by atoms with Crippen molar-refractivity contribution in [2.45, 2.75) is 92.5 Å². The molecule has 0 aliphatic rings. The van der Waals surface area contributed by atoms with E-state index < -0.39 is 0 Å². The number of nitrogens with zero attached hydrogens (tertiary/aromatic N) is 4. The van der Waals surface area contributed by atoms with E-state index in [0.29, 0.717) is 12.1 Å². The summed E-state index contributed by atoms with van der Waals surface area (Å²) in [6, 6.07) is 0.954. The second kappa shape index (κ2) is 16.2. The molecule has 0 aromatic carbocycles.